The molecule has 1 aliphatic rings. The summed E-state index contributed by atoms with van der Waals surface area (Å²) in [5, 5.41) is -0.735. The quantitative estimate of drug-likeness (QED) is 0.506. The Hall–Kier alpha value is 0.170. The first-order valence-corrected chi connectivity index (χ1v) is 5.76. The molecule has 1 saturated heterocycles. The molecule has 4 heteroatoms. The van der Waals surface area contributed by atoms with Crippen molar-refractivity contribution in [3.05, 3.63) is 0 Å². The SMILES string of the molecule is CCOCC(Cl)(OCC)N1CCCC1. The first kappa shape index (κ1) is 12.2. The smallest absolute Gasteiger partial charge is 0.222 e. The summed E-state index contributed by atoms with van der Waals surface area (Å²) in [7, 11) is 0. The van der Waals surface area contributed by atoms with Gasteiger partial charge >= 0.3 is 0 Å². The Bertz CT molecular complexity index is 162. The van der Waals surface area contributed by atoms with Crippen LogP contribution in [0.4, 0.5) is 0 Å². The molecule has 0 spiro atoms. The van der Waals surface area contributed by atoms with Gasteiger partial charge in [0.15, 0.2) is 0 Å². The highest BCUT2D eigenvalue weighted by Gasteiger charge is 2.37. The molecule has 1 atom stereocenters. The van der Waals surface area contributed by atoms with Crippen molar-refractivity contribution in [1.29, 1.82) is 0 Å². The molecule has 0 aromatic carbocycles. The highest BCUT2D eigenvalue weighted by Crippen LogP contribution is 2.27. The summed E-state index contributed by atoms with van der Waals surface area (Å²) in [6.45, 7) is 7.68. The van der Waals surface area contributed by atoms with Gasteiger partial charge in [0.2, 0.25) is 5.18 Å². The summed E-state index contributed by atoms with van der Waals surface area (Å²) in [5.74, 6) is 0. The van der Waals surface area contributed by atoms with Gasteiger partial charge in [0, 0.05) is 26.3 Å². The molecule has 0 amide bonds. The first-order chi connectivity index (χ1) is 6.73. The van der Waals surface area contributed by atoms with E-state index in [4.69, 9.17) is 21.1 Å². The second-order valence-corrected chi connectivity index (χ2v) is 4.04. The zero-order chi connectivity index (χ0) is 10.4. The minimum absolute atomic E-state index is 0.443. The molecule has 0 aliphatic carbocycles. The van der Waals surface area contributed by atoms with Crippen LogP contribution >= 0.6 is 11.6 Å². The van der Waals surface area contributed by atoms with Gasteiger partial charge in [-0.25, -0.2) is 0 Å². The molecule has 14 heavy (non-hydrogen) atoms. The van der Waals surface area contributed by atoms with Crippen LogP contribution in [0.15, 0.2) is 0 Å². The fourth-order valence-electron chi connectivity index (χ4n) is 1.72. The molecule has 0 radical (unpaired) electrons. The lowest BCUT2D eigenvalue weighted by Crippen LogP contribution is -2.48. The Balaban J connectivity index is 2.49. The van der Waals surface area contributed by atoms with Crippen LogP contribution in [0.3, 0.4) is 0 Å². The van der Waals surface area contributed by atoms with Crippen LogP contribution in [0, 0.1) is 0 Å². The van der Waals surface area contributed by atoms with E-state index in [1.165, 1.54) is 12.8 Å². The molecule has 1 heterocycles. The van der Waals surface area contributed by atoms with E-state index in [1.54, 1.807) is 0 Å². The molecular weight excluding hydrogens is 202 g/mol. The van der Waals surface area contributed by atoms with E-state index in [2.05, 4.69) is 4.90 Å². The summed E-state index contributed by atoms with van der Waals surface area (Å²) in [5.41, 5.74) is 0. The van der Waals surface area contributed by atoms with Crippen molar-refractivity contribution >= 4 is 11.6 Å². The molecule has 1 rings (SSSR count). The molecule has 0 bridgehead atoms. The molecule has 0 saturated carbocycles. The van der Waals surface area contributed by atoms with E-state index in [0.29, 0.717) is 19.8 Å². The maximum absolute atomic E-state index is 6.40. The lowest BCUT2D eigenvalue weighted by molar-refractivity contribution is -0.122. The average Bonchev–Trinajstić information content (AvgIpc) is 2.68. The third kappa shape index (κ3) is 3.09. The summed E-state index contributed by atoms with van der Waals surface area (Å²) in [4.78, 5) is 2.16. The van der Waals surface area contributed by atoms with Gasteiger partial charge in [-0.2, -0.15) is 0 Å². The van der Waals surface area contributed by atoms with Crippen molar-refractivity contribution in [2.24, 2.45) is 0 Å². The number of alkyl halides is 1. The van der Waals surface area contributed by atoms with Gasteiger partial charge < -0.3 is 9.47 Å². The number of nitrogens with zero attached hydrogens (tertiary/aromatic N) is 1. The molecule has 84 valence electrons. The van der Waals surface area contributed by atoms with Crippen molar-refractivity contribution in [3.63, 3.8) is 0 Å². The molecule has 0 aromatic heterocycles. The maximum atomic E-state index is 6.40. The van der Waals surface area contributed by atoms with Gasteiger partial charge in [0.25, 0.3) is 0 Å². The largest absolute Gasteiger partial charge is 0.376 e. The minimum Gasteiger partial charge on any atom is -0.376 e. The first-order valence-electron chi connectivity index (χ1n) is 5.38. The lowest BCUT2D eigenvalue weighted by Gasteiger charge is -2.35. The van der Waals surface area contributed by atoms with Gasteiger partial charge in [0.05, 0.1) is 0 Å². The van der Waals surface area contributed by atoms with Crippen LogP contribution in [-0.2, 0) is 9.47 Å². The number of hydrogen-bond acceptors (Lipinski definition) is 3. The van der Waals surface area contributed by atoms with Gasteiger partial charge in [-0.05, 0) is 26.7 Å². The normalized spacial score (nSPS) is 22.5. The molecule has 3 nitrogen and oxygen atoms in total. The number of hydrogen-bond donors (Lipinski definition) is 0. The van der Waals surface area contributed by atoms with Crippen LogP contribution < -0.4 is 0 Å². The number of halogens is 1. The van der Waals surface area contributed by atoms with Crippen LogP contribution in [0.2, 0.25) is 0 Å². The molecule has 0 aromatic rings. The van der Waals surface area contributed by atoms with Crippen molar-refractivity contribution < 1.29 is 9.47 Å². The average molecular weight is 222 g/mol. The lowest BCUT2D eigenvalue weighted by atomic mass is 10.4. The van der Waals surface area contributed by atoms with Crippen molar-refractivity contribution in [2.45, 2.75) is 31.9 Å². The van der Waals surface area contributed by atoms with Crippen LogP contribution in [-0.4, -0.2) is 43.0 Å². The van der Waals surface area contributed by atoms with Gasteiger partial charge in [0.1, 0.15) is 6.61 Å². The predicted molar refractivity (Wildman–Crippen MR) is 57.5 cm³/mol. The number of rotatable bonds is 6. The van der Waals surface area contributed by atoms with E-state index < -0.39 is 5.18 Å². The molecule has 1 fully saturated rings. The van der Waals surface area contributed by atoms with E-state index >= 15 is 0 Å². The summed E-state index contributed by atoms with van der Waals surface area (Å²) in [6, 6.07) is 0. The van der Waals surface area contributed by atoms with Crippen LogP contribution in [0.1, 0.15) is 26.7 Å². The highest BCUT2D eigenvalue weighted by molar-refractivity contribution is 6.22. The monoisotopic (exact) mass is 221 g/mol. The fourth-order valence-corrected chi connectivity index (χ4v) is 2.08. The van der Waals surface area contributed by atoms with Crippen LogP contribution in [0.5, 0.6) is 0 Å². The zero-order valence-electron chi connectivity index (χ0n) is 9.09. The Kier molecular flexibility index (Phi) is 5.17. The van der Waals surface area contributed by atoms with Crippen molar-refractivity contribution in [2.75, 3.05) is 32.9 Å². The Labute approximate surface area is 91.3 Å². The topological polar surface area (TPSA) is 21.7 Å². The molecule has 1 aliphatic heterocycles. The summed E-state index contributed by atoms with van der Waals surface area (Å²) < 4.78 is 10.9. The number of ether oxygens (including phenoxy) is 2. The molecule has 1 unspecified atom stereocenters. The maximum Gasteiger partial charge on any atom is 0.222 e. The third-order valence-electron chi connectivity index (χ3n) is 2.43. The number of likely N-dealkylation sites (tertiary alicyclic amines) is 1. The Morgan fingerprint density at radius 2 is 1.86 bits per heavy atom. The van der Waals surface area contributed by atoms with Crippen LogP contribution in [0.25, 0.3) is 0 Å². The second-order valence-electron chi connectivity index (χ2n) is 3.45. The highest BCUT2D eigenvalue weighted by atomic mass is 35.5. The zero-order valence-corrected chi connectivity index (χ0v) is 9.85. The minimum atomic E-state index is -0.735. The summed E-state index contributed by atoms with van der Waals surface area (Å²) in [6.07, 6.45) is 2.40. The van der Waals surface area contributed by atoms with E-state index in [9.17, 15) is 0 Å². The van der Waals surface area contributed by atoms with E-state index in [-0.39, 0.29) is 0 Å². The Morgan fingerprint density at radius 3 is 2.36 bits per heavy atom. The fraction of sp³-hybridized carbons (Fsp3) is 1.00. The predicted octanol–water partition coefficient (Wildman–Crippen LogP) is 2.05. The molecule has 0 N–H and O–H groups in total. The second kappa shape index (κ2) is 5.91. The summed E-state index contributed by atoms with van der Waals surface area (Å²) >= 11 is 6.40. The van der Waals surface area contributed by atoms with Gasteiger partial charge in [-0.15, -0.1) is 0 Å². The van der Waals surface area contributed by atoms with E-state index in [0.717, 1.165) is 13.1 Å². The van der Waals surface area contributed by atoms with Crippen molar-refractivity contribution in [3.8, 4) is 0 Å². The van der Waals surface area contributed by atoms with Gasteiger partial charge in [-0.1, -0.05) is 11.6 Å². The van der Waals surface area contributed by atoms with Gasteiger partial charge in [-0.3, -0.25) is 4.90 Å². The third-order valence-corrected chi connectivity index (χ3v) is 2.89. The van der Waals surface area contributed by atoms with E-state index in [1.807, 2.05) is 13.8 Å². The Morgan fingerprint density at radius 1 is 1.21 bits per heavy atom. The van der Waals surface area contributed by atoms with Crippen molar-refractivity contribution in [1.82, 2.24) is 4.90 Å². The standard InChI is InChI=1S/C10H20ClNO2/c1-3-13-9-10(11,14-4-2)12-7-5-6-8-12/h3-9H2,1-2H3. The molecular formula is C10H20ClNO2.